The minimum atomic E-state index is -0.297. The van der Waals surface area contributed by atoms with Gasteiger partial charge in [0, 0.05) is 16.3 Å². The molecule has 0 saturated carbocycles. The SMILES string of the molecule is Nc1cc(Cl)cc(-c2nnnn2Cc2cccc(F)c2)c1. The van der Waals surface area contributed by atoms with Crippen LogP contribution in [0.3, 0.4) is 0 Å². The van der Waals surface area contributed by atoms with Gasteiger partial charge < -0.3 is 5.73 Å². The minimum Gasteiger partial charge on any atom is -0.399 e. The van der Waals surface area contributed by atoms with E-state index in [-0.39, 0.29) is 5.82 Å². The summed E-state index contributed by atoms with van der Waals surface area (Å²) in [5, 5.41) is 12.1. The number of benzene rings is 2. The maximum absolute atomic E-state index is 13.2. The van der Waals surface area contributed by atoms with Gasteiger partial charge in [-0.05, 0) is 46.3 Å². The highest BCUT2D eigenvalue weighted by Gasteiger charge is 2.11. The standard InChI is InChI=1S/C14H11ClFN5/c15-11-5-10(6-13(17)7-11)14-18-19-20-21(14)8-9-2-1-3-12(16)4-9/h1-7H,8,17H2. The molecule has 2 N–H and O–H groups in total. The van der Waals surface area contributed by atoms with Crippen molar-refractivity contribution in [2.45, 2.75) is 6.54 Å². The van der Waals surface area contributed by atoms with E-state index in [9.17, 15) is 4.39 Å². The van der Waals surface area contributed by atoms with Crippen LogP contribution in [0.25, 0.3) is 11.4 Å². The summed E-state index contributed by atoms with van der Waals surface area (Å²) in [6.45, 7) is 0.354. The molecule has 0 spiro atoms. The molecule has 0 aliphatic rings. The van der Waals surface area contributed by atoms with Gasteiger partial charge in [-0.25, -0.2) is 9.07 Å². The van der Waals surface area contributed by atoms with Gasteiger partial charge in [0.05, 0.1) is 6.54 Å². The van der Waals surface area contributed by atoms with E-state index in [0.29, 0.717) is 28.6 Å². The fraction of sp³-hybridized carbons (Fsp3) is 0.0714. The highest BCUT2D eigenvalue weighted by atomic mass is 35.5. The lowest BCUT2D eigenvalue weighted by atomic mass is 10.2. The zero-order valence-corrected chi connectivity index (χ0v) is 11.6. The van der Waals surface area contributed by atoms with Crippen LogP contribution in [0.15, 0.2) is 42.5 Å². The molecular formula is C14H11ClFN5. The van der Waals surface area contributed by atoms with E-state index in [1.807, 2.05) is 0 Å². The Morgan fingerprint density at radius 2 is 2.05 bits per heavy atom. The number of nitrogens with two attached hydrogens (primary N) is 1. The molecule has 0 aliphatic heterocycles. The molecule has 0 amide bonds. The average Bonchev–Trinajstić information content (AvgIpc) is 2.85. The van der Waals surface area contributed by atoms with Crippen LogP contribution >= 0.6 is 11.6 Å². The van der Waals surface area contributed by atoms with Crippen molar-refractivity contribution >= 4 is 17.3 Å². The van der Waals surface area contributed by atoms with E-state index in [4.69, 9.17) is 17.3 Å². The monoisotopic (exact) mass is 303 g/mol. The van der Waals surface area contributed by atoms with E-state index in [0.717, 1.165) is 5.56 Å². The highest BCUT2D eigenvalue weighted by Crippen LogP contribution is 2.24. The molecule has 0 bridgehead atoms. The second-order valence-corrected chi connectivity index (χ2v) is 5.00. The molecule has 0 aliphatic carbocycles. The van der Waals surface area contributed by atoms with Gasteiger partial charge in [-0.2, -0.15) is 0 Å². The Hall–Kier alpha value is -2.47. The van der Waals surface area contributed by atoms with Gasteiger partial charge in [0.1, 0.15) is 5.82 Å². The molecule has 0 saturated heterocycles. The Kier molecular flexibility index (Phi) is 3.53. The second-order valence-electron chi connectivity index (χ2n) is 4.56. The molecule has 106 valence electrons. The number of rotatable bonds is 3. The first-order valence-corrected chi connectivity index (χ1v) is 6.57. The lowest BCUT2D eigenvalue weighted by molar-refractivity contribution is 0.615. The fourth-order valence-electron chi connectivity index (χ4n) is 2.07. The van der Waals surface area contributed by atoms with Crippen molar-refractivity contribution in [3.63, 3.8) is 0 Å². The third-order valence-corrected chi connectivity index (χ3v) is 3.15. The first-order chi connectivity index (χ1) is 10.1. The molecule has 7 heteroatoms. The summed E-state index contributed by atoms with van der Waals surface area (Å²) in [6.07, 6.45) is 0. The van der Waals surface area contributed by atoms with Crippen LogP contribution in [0.4, 0.5) is 10.1 Å². The molecule has 5 nitrogen and oxygen atoms in total. The van der Waals surface area contributed by atoms with Gasteiger partial charge in [-0.15, -0.1) is 5.10 Å². The van der Waals surface area contributed by atoms with E-state index in [1.54, 1.807) is 35.0 Å². The van der Waals surface area contributed by atoms with Crippen LogP contribution in [0.1, 0.15) is 5.56 Å². The first kappa shape index (κ1) is 13.5. The summed E-state index contributed by atoms with van der Waals surface area (Å²) < 4.78 is 14.8. The summed E-state index contributed by atoms with van der Waals surface area (Å²) in [7, 11) is 0. The van der Waals surface area contributed by atoms with Crippen LogP contribution in [0, 0.1) is 5.82 Å². The molecular weight excluding hydrogens is 293 g/mol. The number of anilines is 1. The van der Waals surface area contributed by atoms with E-state index >= 15 is 0 Å². The molecule has 21 heavy (non-hydrogen) atoms. The molecule has 0 radical (unpaired) electrons. The molecule has 0 fully saturated rings. The molecule has 2 aromatic carbocycles. The molecule has 0 atom stereocenters. The maximum Gasteiger partial charge on any atom is 0.182 e. The summed E-state index contributed by atoms with van der Waals surface area (Å²) >= 11 is 5.99. The summed E-state index contributed by atoms with van der Waals surface area (Å²) in [6, 6.07) is 11.4. The lowest BCUT2D eigenvalue weighted by Crippen LogP contribution is -2.05. The van der Waals surface area contributed by atoms with Crippen molar-refractivity contribution in [2.24, 2.45) is 0 Å². The predicted octanol–water partition coefficient (Wildman–Crippen LogP) is 2.76. The second kappa shape index (κ2) is 5.49. The Balaban J connectivity index is 1.97. The summed E-state index contributed by atoms with van der Waals surface area (Å²) in [5.74, 6) is 0.225. The highest BCUT2D eigenvalue weighted by molar-refractivity contribution is 6.31. The maximum atomic E-state index is 13.2. The van der Waals surface area contributed by atoms with Crippen molar-refractivity contribution in [2.75, 3.05) is 5.73 Å². The third kappa shape index (κ3) is 3.00. The van der Waals surface area contributed by atoms with Gasteiger partial charge in [-0.1, -0.05) is 23.7 Å². The van der Waals surface area contributed by atoms with E-state index < -0.39 is 0 Å². The van der Waals surface area contributed by atoms with Gasteiger partial charge in [0.15, 0.2) is 5.82 Å². The van der Waals surface area contributed by atoms with Gasteiger partial charge >= 0.3 is 0 Å². The van der Waals surface area contributed by atoms with Crippen molar-refractivity contribution < 1.29 is 4.39 Å². The number of tetrazole rings is 1. The minimum absolute atomic E-state index is 0.297. The summed E-state index contributed by atoms with van der Waals surface area (Å²) in [5.41, 5.74) is 7.77. The van der Waals surface area contributed by atoms with Crippen molar-refractivity contribution in [3.8, 4) is 11.4 Å². The number of hydrogen-bond acceptors (Lipinski definition) is 4. The Labute approximate surface area is 125 Å². The quantitative estimate of drug-likeness (QED) is 0.755. The van der Waals surface area contributed by atoms with E-state index in [2.05, 4.69) is 15.5 Å². The largest absolute Gasteiger partial charge is 0.399 e. The number of aromatic nitrogens is 4. The fourth-order valence-corrected chi connectivity index (χ4v) is 2.31. The van der Waals surface area contributed by atoms with Crippen LogP contribution in [0.2, 0.25) is 5.02 Å². The smallest absolute Gasteiger partial charge is 0.182 e. The number of nitrogens with zero attached hydrogens (tertiary/aromatic N) is 4. The Morgan fingerprint density at radius 3 is 2.81 bits per heavy atom. The summed E-state index contributed by atoms with van der Waals surface area (Å²) in [4.78, 5) is 0. The van der Waals surface area contributed by atoms with Crippen LogP contribution in [-0.4, -0.2) is 20.2 Å². The Morgan fingerprint density at radius 1 is 1.19 bits per heavy atom. The molecule has 0 unspecified atom stereocenters. The normalized spacial score (nSPS) is 10.8. The van der Waals surface area contributed by atoms with Gasteiger partial charge in [-0.3, -0.25) is 0 Å². The van der Waals surface area contributed by atoms with Crippen molar-refractivity contribution in [1.29, 1.82) is 0 Å². The van der Waals surface area contributed by atoms with E-state index in [1.165, 1.54) is 12.1 Å². The van der Waals surface area contributed by atoms with Gasteiger partial charge in [0.25, 0.3) is 0 Å². The topological polar surface area (TPSA) is 69.6 Å². The lowest BCUT2D eigenvalue weighted by Gasteiger charge is -2.06. The van der Waals surface area contributed by atoms with Crippen molar-refractivity contribution in [1.82, 2.24) is 20.2 Å². The Bertz CT molecular complexity index is 766. The zero-order chi connectivity index (χ0) is 14.8. The number of nitrogen functional groups attached to an aromatic ring is 1. The van der Waals surface area contributed by atoms with Crippen LogP contribution < -0.4 is 5.73 Å². The molecule has 3 aromatic rings. The number of hydrogen-bond donors (Lipinski definition) is 1. The van der Waals surface area contributed by atoms with Crippen molar-refractivity contribution in [3.05, 3.63) is 58.9 Å². The average molecular weight is 304 g/mol. The molecule has 3 rings (SSSR count). The molecule has 1 heterocycles. The first-order valence-electron chi connectivity index (χ1n) is 6.19. The van der Waals surface area contributed by atoms with Gasteiger partial charge in [0.2, 0.25) is 0 Å². The van der Waals surface area contributed by atoms with Crippen LogP contribution in [-0.2, 0) is 6.54 Å². The molecule has 1 aromatic heterocycles. The number of halogens is 2. The predicted molar refractivity (Wildman–Crippen MR) is 78.2 cm³/mol. The zero-order valence-electron chi connectivity index (χ0n) is 10.9. The van der Waals surface area contributed by atoms with Crippen LogP contribution in [0.5, 0.6) is 0 Å². The third-order valence-electron chi connectivity index (χ3n) is 2.93.